The van der Waals surface area contributed by atoms with Gasteiger partial charge in [-0.05, 0) is 18.8 Å². The van der Waals surface area contributed by atoms with Crippen LogP contribution in [-0.2, 0) is 11.8 Å². The normalized spacial score (nSPS) is 20.4. The summed E-state index contributed by atoms with van der Waals surface area (Å²) in [6, 6.07) is 0.119. The fraction of sp³-hybridized carbons (Fsp3) is 0.778. The van der Waals surface area contributed by atoms with E-state index in [0.29, 0.717) is 5.92 Å². The third-order valence-corrected chi connectivity index (χ3v) is 2.99. The molecular weight excluding hydrogens is 194 g/mol. The summed E-state index contributed by atoms with van der Waals surface area (Å²) in [7, 11) is 1.88. The van der Waals surface area contributed by atoms with E-state index in [4.69, 9.17) is 10.6 Å². The van der Waals surface area contributed by atoms with Crippen LogP contribution in [0.3, 0.4) is 0 Å². The Kier molecular flexibility index (Phi) is 3.30. The first-order valence-corrected chi connectivity index (χ1v) is 5.21. The Bertz CT molecular complexity index is 307. The van der Waals surface area contributed by atoms with Gasteiger partial charge in [-0.1, -0.05) is 5.21 Å². The number of nitrogens with one attached hydrogen (secondary N) is 1. The Balaban J connectivity index is 2.12. The molecule has 84 valence electrons. The van der Waals surface area contributed by atoms with Crippen molar-refractivity contribution in [2.75, 3.05) is 13.2 Å². The number of nitrogens with zero attached hydrogens (tertiary/aromatic N) is 3. The van der Waals surface area contributed by atoms with Crippen molar-refractivity contribution in [2.24, 2.45) is 18.8 Å². The third-order valence-electron chi connectivity index (χ3n) is 2.99. The molecule has 0 spiro atoms. The van der Waals surface area contributed by atoms with Crippen molar-refractivity contribution in [3.63, 3.8) is 0 Å². The van der Waals surface area contributed by atoms with Gasteiger partial charge in [0.2, 0.25) is 0 Å². The summed E-state index contributed by atoms with van der Waals surface area (Å²) in [5, 5.41) is 7.79. The molecule has 3 N–H and O–H groups in total. The lowest BCUT2D eigenvalue weighted by Crippen LogP contribution is -2.37. The van der Waals surface area contributed by atoms with Gasteiger partial charge >= 0.3 is 0 Å². The number of ether oxygens (including phenoxy) is 1. The van der Waals surface area contributed by atoms with E-state index < -0.39 is 0 Å². The van der Waals surface area contributed by atoms with E-state index in [9.17, 15) is 0 Å². The summed E-state index contributed by atoms with van der Waals surface area (Å²) < 4.78 is 7.10. The Morgan fingerprint density at radius 1 is 1.60 bits per heavy atom. The number of aromatic nitrogens is 3. The first-order chi connectivity index (χ1) is 7.33. The molecule has 0 saturated carbocycles. The highest BCUT2D eigenvalue weighted by Crippen LogP contribution is 2.28. The third kappa shape index (κ3) is 2.17. The highest BCUT2D eigenvalue weighted by molar-refractivity contribution is 5.03. The van der Waals surface area contributed by atoms with Gasteiger partial charge < -0.3 is 4.74 Å². The van der Waals surface area contributed by atoms with Gasteiger partial charge in [-0.2, -0.15) is 0 Å². The predicted molar refractivity (Wildman–Crippen MR) is 54.6 cm³/mol. The minimum Gasteiger partial charge on any atom is -0.381 e. The summed E-state index contributed by atoms with van der Waals surface area (Å²) in [5.41, 5.74) is 3.89. The maximum atomic E-state index is 5.60. The van der Waals surface area contributed by atoms with Crippen molar-refractivity contribution >= 4 is 0 Å². The molecule has 2 heterocycles. The second-order valence-electron chi connectivity index (χ2n) is 3.88. The van der Waals surface area contributed by atoms with Gasteiger partial charge in [0.05, 0.1) is 17.9 Å². The Morgan fingerprint density at radius 2 is 2.33 bits per heavy atom. The van der Waals surface area contributed by atoms with Gasteiger partial charge in [0, 0.05) is 20.3 Å². The Morgan fingerprint density at radius 3 is 2.87 bits per heavy atom. The molecule has 0 radical (unpaired) electrons. The first kappa shape index (κ1) is 10.5. The van der Waals surface area contributed by atoms with E-state index in [1.165, 1.54) is 0 Å². The first-order valence-electron chi connectivity index (χ1n) is 5.21. The minimum absolute atomic E-state index is 0.119. The van der Waals surface area contributed by atoms with Gasteiger partial charge in [-0.25, -0.2) is 0 Å². The van der Waals surface area contributed by atoms with Gasteiger partial charge in [-0.3, -0.25) is 16.0 Å². The average molecular weight is 211 g/mol. The lowest BCUT2D eigenvalue weighted by atomic mass is 9.90. The maximum absolute atomic E-state index is 5.60. The topological polar surface area (TPSA) is 78.0 Å². The van der Waals surface area contributed by atoms with E-state index in [1.807, 2.05) is 7.05 Å². The van der Waals surface area contributed by atoms with Crippen LogP contribution in [0.25, 0.3) is 0 Å². The highest BCUT2D eigenvalue weighted by Gasteiger charge is 2.26. The molecule has 2 rings (SSSR count). The van der Waals surface area contributed by atoms with Crippen LogP contribution in [0.5, 0.6) is 0 Å². The van der Waals surface area contributed by atoms with Gasteiger partial charge in [-0.15, -0.1) is 5.10 Å². The SMILES string of the molecule is Cn1nncc1C(NN)C1CCOCC1. The van der Waals surface area contributed by atoms with Crippen LogP contribution >= 0.6 is 0 Å². The second kappa shape index (κ2) is 4.69. The number of hydrazine groups is 1. The summed E-state index contributed by atoms with van der Waals surface area (Å²) in [6.45, 7) is 1.63. The van der Waals surface area contributed by atoms with Gasteiger partial charge in [0.15, 0.2) is 0 Å². The zero-order chi connectivity index (χ0) is 10.7. The van der Waals surface area contributed by atoms with Crippen LogP contribution in [0, 0.1) is 5.92 Å². The van der Waals surface area contributed by atoms with Crippen molar-refractivity contribution in [3.05, 3.63) is 11.9 Å². The van der Waals surface area contributed by atoms with E-state index >= 15 is 0 Å². The maximum Gasteiger partial charge on any atom is 0.0769 e. The van der Waals surface area contributed by atoms with Crippen LogP contribution < -0.4 is 11.3 Å². The smallest absolute Gasteiger partial charge is 0.0769 e. The summed E-state index contributed by atoms with van der Waals surface area (Å²) in [6.07, 6.45) is 3.82. The number of rotatable bonds is 3. The molecule has 0 aliphatic carbocycles. The average Bonchev–Trinajstić information content (AvgIpc) is 2.68. The van der Waals surface area contributed by atoms with Gasteiger partial charge in [0.25, 0.3) is 0 Å². The van der Waals surface area contributed by atoms with Gasteiger partial charge in [0.1, 0.15) is 0 Å². The molecule has 1 aliphatic heterocycles. The summed E-state index contributed by atoms with van der Waals surface area (Å²) >= 11 is 0. The molecule has 0 bridgehead atoms. The van der Waals surface area contributed by atoms with Crippen LogP contribution in [0.15, 0.2) is 6.20 Å². The van der Waals surface area contributed by atoms with Crippen molar-refractivity contribution < 1.29 is 4.74 Å². The van der Waals surface area contributed by atoms with E-state index in [2.05, 4.69) is 15.7 Å². The van der Waals surface area contributed by atoms with Crippen LogP contribution in [-0.4, -0.2) is 28.2 Å². The molecule has 1 aromatic rings. The fourth-order valence-corrected chi connectivity index (χ4v) is 2.09. The molecule has 6 heteroatoms. The largest absolute Gasteiger partial charge is 0.381 e. The van der Waals surface area contributed by atoms with E-state index in [1.54, 1.807) is 10.9 Å². The van der Waals surface area contributed by atoms with Crippen LogP contribution in [0.1, 0.15) is 24.6 Å². The minimum atomic E-state index is 0.119. The van der Waals surface area contributed by atoms with E-state index in [0.717, 1.165) is 31.7 Å². The number of nitrogens with two attached hydrogens (primary N) is 1. The molecule has 6 nitrogen and oxygen atoms in total. The van der Waals surface area contributed by atoms with Crippen molar-refractivity contribution in [2.45, 2.75) is 18.9 Å². The number of aryl methyl sites for hydroxylation is 1. The second-order valence-corrected chi connectivity index (χ2v) is 3.88. The molecule has 1 atom stereocenters. The molecule has 0 aromatic carbocycles. The quantitative estimate of drug-likeness (QED) is 0.532. The van der Waals surface area contributed by atoms with E-state index in [-0.39, 0.29) is 6.04 Å². The Labute approximate surface area is 88.7 Å². The van der Waals surface area contributed by atoms with Crippen LogP contribution in [0.4, 0.5) is 0 Å². The molecule has 1 fully saturated rings. The number of hydrogen-bond acceptors (Lipinski definition) is 5. The van der Waals surface area contributed by atoms with Crippen LogP contribution in [0.2, 0.25) is 0 Å². The highest BCUT2D eigenvalue weighted by atomic mass is 16.5. The van der Waals surface area contributed by atoms with Crippen molar-refractivity contribution in [1.82, 2.24) is 20.4 Å². The monoisotopic (exact) mass is 211 g/mol. The lowest BCUT2D eigenvalue weighted by Gasteiger charge is -2.29. The molecule has 1 aliphatic rings. The van der Waals surface area contributed by atoms with Crippen molar-refractivity contribution in [1.29, 1.82) is 0 Å². The molecular formula is C9H17N5O. The van der Waals surface area contributed by atoms with Crippen molar-refractivity contribution in [3.8, 4) is 0 Å². The zero-order valence-corrected chi connectivity index (χ0v) is 8.89. The molecule has 1 aromatic heterocycles. The zero-order valence-electron chi connectivity index (χ0n) is 8.89. The summed E-state index contributed by atoms with van der Waals surface area (Å²) in [4.78, 5) is 0. The molecule has 1 saturated heterocycles. The molecule has 1 unspecified atom stereocenters. The molecule has 15 heavy (non-hydrogen) atoms. The fourth-order valence-electron chi connectivity index (χ4n) is 2.09. The Hall–Kier alpha value is -0.980. The lowest BCUT2D eigenvalue weighted by molar-refractivity contribution is 0.0526. The predicted octanol–water partition coefficient (Wildman–Crippen LogP) is -0.254. The standard InChI is InChI=1S/C9H17N5O/c1-14-8(6-11-13-14)9(12-10)7-2-4-15-5-3-7/h6-7,9,12H,2-5,10H2,1H3. The number of hydrogen-bond donors (Lipinski definition) is 2. The molecule has 0 amide bonds. The summed E-state index contributed by atoms with van der Waals surface area (Å²) in [5.74, 6) is 6.10.